The van der Waals surface area contributed by atoms with Gasteiger partial charge < -0.3 is 14.6 Å². The lowest BCUT2D eigenvalue weighted by atomic mass is 10.1. The highest BCUT2D eigenvalue weighted by molar-refractivity contribution is 7.99. The van der Waals surface area contributed by atoms with Gasteiger partial charge in [-0.25, -0.2) is 4.79 Å². The Balaban J connectivity index is 1.73. The molecule has 2 aromatic rings. The van der Waals surface area contributed by atoms with Gasteiger partial charge in [0.25, 0.3) is 0 Å². The number of aromatic nitrogens is 3. The molecule has 0 saturated heterocycles. The first-order valence-electron chi connectivity index (χ1n) is 11.7. The Hall–Kier alpha value is -1.91. The minimum absolute atomic E-state index is 0.156. The lowest BCUT2D eigenvalue weighted by Gasteiger charge is -2.23. The summed E-state index contributed by atoms with van der Waals surface area (Å²) in [6.45, 7) is 7.24. The van der Waals surface area contributed by atoms with Crippen LogP contribution < -0.4 is 5.32 Å². The van der Waals surface area contributed by atoms with Gasteiger partial charge in [-0.1, -0.05) is 32.0 Å². The summed E-state index contributed by atoms with van der Waals surface area (Å²) in [7, 11) is 4.10. The van der Waals surface area contributed by atoms with Crippen molar-refractivity contribution in [3.05, 3.63) is 21.8 Å². The molecule has 33 heavy (non-hydrogen) atoms. The fourth-order valence-corrected chi connectivity index (χ4v) is 6.23. The van der Waals surface area contributed by atoms with Gasteiger partial charge in [-0.2, -0.15) is 0 Å². The number of hydrogen-bond donors (Lipinski definition) is 1. The van der Waals surface area contributed by atoms with Crippen molar-refractivity contribution in [3.63, 3.8) is 0 Å². The van der Waals surface area contributed by atoms with E-state index in [1.165, 1.54) is 28.0 Å². The molecular weight excluding hydrogens is 458 g/mol. The number of thioether (sulfide) groups is 1. The van der Waals surface area contributed by atoms with Crippen LogP contribution in [0.3, 0.4) is 0 Å². The van der Waals surface area contributed by atoms with Gasteiger partial charge in [0.2, 0.25) is 5.91 Å². The minimum atomic E-state index is -0.349. The average molecular weight is 494 g/mol. The van der Waals surface area contributed by atoms with E-state index in [1.54, 1.807) is 6.92 Å². The summed E-state index contributed by atoms with van der Waals surface area (Å²) >= 11 is 2.89. The van der Waals surface area contributed by atoms with E-state index in [-0.39, 0.29) is 23.7 Å². The largest absolute Gasteiger partial charge is 0.462 e. The van der Waals surface area contributed by atoms with Crippen LogP contribution >= 0.6 is 23.1 Å². The van der Waals surface area contributed by atoms with E-state index in [0.29, 0.717) is 17.2 Å². The fraction of sp³-hybridized carbons (Fsp3) is 0.652. The van der Waals surface area contributed by atoms with Crippen LogP contribution in [0.4, 0.5) is 5.00 Å². The van der Waals surface area contributed by atoms with E-state index >= 15 is 0 Å². The number of aryl methyl sites for hydroxylation is 1. The molecule has 8 nitrogen and oxygen atoms in total. The number of amides is 1. The molecule has 1 N–H and O–H groups in total. The fourth-order valence-electron chi connectivity index (χ4n) is 4.16. The monoisotopic (exact) mass is 493 g/mol. The Morgan fingerprint density at radius 3 is 2.70 bits per heavy atom. The smallest absolute Gasteiger partial charge is 0.341 e. The lowest BCUT2D eigenvalue weighted by molar-refractivity contribution is -0.113. The summed E-state index contributed by atoms with van der Waals surface area (Å²) in [5, 5.41) is 13.2. The maximum absolute atomic E-state index is 12.8. The van der Waals surface area contributed by atoms with Gasteiger partial charge >= 0.3 is 5.97 Å². The number of anilines is 1. The Morgan fingerprint density at radius 1 is 1.24 bits per heavy atom. The highest BCUT2D eigenvalue weighted by Gasteiger charge is 2.28. The van der Waals surface area contributed by atoms with Crippen molar-refractivity contribution in [3.8, 4) is 0 Å². The molecule has 0 aromatic carbocycles. The van der Waals surface area contributed by atoms with Crippen molar-refractivity contribution >= 4 is 40.0 Å². The first kappa shape index (κ1) is 25.7. The van der Waals surface area contributed by atoms with Crippen LogP contribution in [-0.4, -0.2) is 58.0 Å². The number of carbonyl (C=O) groups excluding carboxylic acids is 2. The van der Waals surface area contributed by atoms with Crippen molar-refractivity contribution in [2.24, 2.45) is 0 Å². The standard InChI is InChI=1S/C23H35N5O3S2/c1-6-9-13-28-20(16(7-2)27(4)5)25-26-23(28)32-14-18(29)24-21-19(22(30)31-8-3)15-11-10-12-17(15)33-21/h16H,6-14H2,1-5H3,(H,24,29)/t16-/m1/s1. The zero-order valence-corrected chi connectivity index (χ0v) is 21.9. The topological polar surface area (TPSA) is 89.3 Å². The number of fused-ring (bicyclic) bond motifs is 1. The van der Waals surface area contributed by atoms with Gasteiger partial charge in [0.05, 0.1) is 24.0 Å². The van der Waals surface area contributed by atoms with Crippen LogP contribution in [0.1, 0.15) is 79.1 Å². The van der Waals surface area contributed by atoms with Crippen LogP contribution in [-0.2, 0) is 28.9 Å². The molecule has 2 heterocycles. The van der Waals surface area contributed by atoms with Crippen LogP contribution in [0.15, 0.2) is 5.16 Å². The number of thiophene rings is 1. The van der Waals surface area contributed by atoms with Crippen LogP contribution in [0, 0.1) is 0 Å². The third-order valence-corrected chi connectivity index (χ3v) is 7.95. The van der Waals surface area contributed by atoms with Crippen LogP contribution in [0.5, 0.6) is 0 Å². The third-order valence-electron chi connectivity index (χ3n) is 5.77. The quantitative estimate of drug-likeness (QED) is 0.343. The Morgan fingerprint density at radius 2 is 2.03 bits per heavy atom. The molecule has 10 heteroatoms. The van der Waals surface area contributed by atoms with Crippen LogP contribution in [0.2, 0.25) is 0 Å². The number of unbranched alkanes of at least 4 members (excludes halogenated alkanes) is 1. The van der Waals surface area contributed by atoms with E-state index in [1.807, 2.05) is 14.1 Å². The van der Waals surface area contributed by atoms with E-state index < -0.39 is 0 Å². The summed E-state index contributed by atoms with van der Waals surface area (Å²) in [5.41, 5.74) is 1.58. The molecular formula is C23H35N5O3S2. The summed E-state index contributed by atoms with van der Waals surface area (Å²) < 4.78 is 7.41. The molecule has 1 aliphatic carbocycles. The average Bonchev–Trinajstić information content (AvgIpc) is 3.46. The number of rotatable bonds is 12. The Bertz CT molecular complexity index is 970. The van der Waals surface area contributed by atoms with Gasteiger partial charge in [-0.05, 0) is 58.7 Å². The van der Waals surface area contributed by atoms with Crippen molar-refractivity contribution in [2.45, 2.75) is 77.0 Å². The van der Waals surface area contributed by atoms with E-state index in [2.05, 4.69) is 38.8 Å². The van der Waals surface area contributed by atoms with Crippen molar-refractivity contribution < 1.29 is 14.3 Å². The molecule has 0 saturated carbocycles. The number of ether oxygens (including phenoxy) is 1. The first-order valence-corrected chi connectivity index (χ1v) is 13.5. The lowest BCUT2D eigenvalue weighted by Crippen LogP contribution is -2.23. The summed E-state index contributed by atoms with van der Waals surface area (Å²) in [5.74, 6) is 0.640. The van der Waals surface area contributed by atoms with E-state index in [4.69, 9.17) is 4.74 Å². The summed E-state index contributed by atoms with van der Waals surface area (Å²) in [6.07, 6.45) is 5.88. The van der Waals surface area contributed by atoms with E-state index in [0.717, 1.165) is 61.6 Å². The predicted molar refractivity (Wildman–Crippen MR) is 133 cm³/mol. The molecule has 0 fully saturated rings. The van der Waals surface area contributed by atoms with Gasteiger partial charge in [0.15, 0.2) is 11.0 Å². The maximum atomic E-state index is 12.8. The Kier molecular flexibility index (Phi) is 9.34. The molecule has 1 atom stereocenters. The number of hydrogen-bond acceptors (Lipinski definition) is 8. The third kappa shape index (κ3) is 5.96. The van der Waals surface area contributed by atoms with Crippen molar-refractivity contribution in [1.82, 2.24) is 19.7 Å². The summed E-state index contributed by atoms with van der Waals surface area (Å²) in [4.78, 5) is 28.7. The van der Waals surface area contributed by atoms with Gasteiger partial charge in [-0.15, -0.1) is 21.5 Å². The molecule has 0 unspecified atom stereocenters. The zero-order valence-electron chi connectivity index (χ0n) is 20.3. The number of nitrogens with one attached hydrogen (secondary N) is 1. The van der Waals surface area contributed by atoms with E-state index in [9.17, 15) is 9.59 Å². The highest BCUT2D eigenvalue weighted by atomic mass is 32.2. The first-order chi connectivity index (χ1) is 15.9. The molecule has 0 bridgehead atoms. The van der Waals surface area contributed by atoms with Gasteiger partial charge in [0, 0.05) is 11.4 Å². The normalized spacial score (nSPS) is 13.9. The predicted octanol–water partition coefficient (Wildman–Crippen LogP) is 4.55. The molecule has 0 radical (unpaired) electrons. The SMILES string of the molecule is CCCCn1c(SCC(=O)Nc2sc3c(c2C(=O)OCC)CCC3)nnc1[C@@H](CC)N(C)C. The second-order valence-electron chi connectivity index (χ2n) is 8.35. The highest BCUT2D eigenvalue weighted by Crippen LogP contribution is 2.39. The molecule has 1 aliphatic rings. The molecule has 2 aromatic heterocycles. The van der Waals surface area contributed by atoms with Gasteiger partial charge in [0.1, 0.15) is 5.00 Å². The molecule has 1 amide bonds. The molecule has 0 aliphatic heterocycles. The number of esters is 1. The molecule has 182 valence electrons. The minimum Gasteiger partial charge on any atom is -0.462 e. The van der Waals surface area contributed by atoms with Crippen molar-refractivity contribution in [1.29, 1.82) is 0 Å². The van der Waals surface area contributed by atoms with Crippen LogP contribution in [0.25, 0.3) is 0 Å². The number of carbonyl (C=O) groups is 2. The second kappa shape index (κ2) is 12.0. The Labute approximate surface area is 204 Å². The summed E-state index contributed by atoms with van der Waals surface area (Å²) in [6, 6.07) is 0.179. The maximum Gasteiger partial charge on any atom is 0.341 e. The second-order valence-corrected chi connectivity index (χ2v) is 10.4. The number of nitrogens with zero attached hydrogens (tertiary/aromatic N) is 4. The van der Waals surface area contributed by atoms with Crippen molar-refractivity contribution in [2.75, 3.05) is 31.8 Å². The molecule has 0 spiro atoms. The molecule has 3 rings (SSSR count). The zero-order chi connectivity index (χ0) is 24.0. The van der Waals surface area contributed by atoms with Gasteiger partial charge in [-0.3, -0.25) is 9.69 Å².